The van der Waals surface area contributed by atoms with Crippen LogP contribution in [0.1, 0.15) is 26.7 Å². The monoisotopic (exact) mass is 248 g/mol. The third kappa shape index (κ3) is 5.56. The molecule has 15 heavy (non-hydrogen) atoms. The van der Waals surface area contributed by atoms with Crippen LogP contribution in [0.2, 0.25) is 0 Å². The zero-order chi connectivity index (χ0) is 11.3. The molecule has 0 saturated carbocycles. The van der Waals surface area contributed by atoms with E-state index in [9.17, 15) is 4.21 Å². The van der Waals surface area contributed by atoms with Gasteiger partial charge in [0.1, 0.15) is 0 Å². The Morgan fingerprint density at radius 3 is 2.93 bits per heavy atom. The number of hydrogen-bond donors (Lipinski definition) is 1. The van der Waals surface area contributed by atoms with Gasteiger partial charge in [0.15, 0.2) is 5.17 Å². The molecule has 3 nitrogen and oxygen atoms in total. The van der Waals surface area contributed by atoms with Crippen LogP contribution in [0.15, 0.2) is 4.99 Å². The summed E-state index contributed by atoms with van der Waals surface area (Å²) >= 11 is 1.81. The lowest BCUT2D eigenvalue weighted by molar-refractivity contribution is 0.597. The van der Waals surface area contributed by atoms with Crippen molar-refractivity contribution < 1.29 is 4.21 Å². The summed E-state index contributed by atoms with van der Waals surface area (Å²) in [6.45, 7) is 5.21. The predicted molar refractivity (Wildman–Crippen MR) is 70.1 cm³/mol. The summed E-state index contributed by atoms with van der Waals surface area (Å²) in [7, 11) is -0.682. The summed E-state index contributed by atoms with van der Waals surface area (Å²) in [4.78, 5) is 4.49. The van der Waals surface area contributed by atoms with Gasteiger partial charge in [-0.2, -0.15) is 0 Å². The second-order valence-electron chi connectivity index (χ2n) is 4.03. The first-order valence-corrected chi connectivity index (χ1v) is 7.96. The average molecular weight is 248 g/mol. The molecule has 1 saturated heterocycles. The minimum Gasteiger partial charge on any atom is -0.362 e. The molecule has 88 valence electrons. The molecule has 0 aromatic rings. The Kier molecular flexibility index (Phi) is 5.68. The van der Waals surface area contributed by atoms with Gasteiger partial charge in [0.05, 0.1) is 0 Å². The maximum Gasteiger partial charge on any atom is 0.157 e. The van der Waals surface area contributed by atoms with Crippen LogP contribution >= 0.6 is 11.8 Å². The number of nitrogens with one attached hydrogen (secondary N) is 1. The Morgan fingerprint density at radius 1 is 1.60 bits per heavy atom. The Hall–Kier alpha value is -0.0300. The molecule has 1 aliphatic rings. The molecule has 1 heterocycles. The standard InChI is InChI=1S/C10H20N2OS2/c1-8-7-9(2)14-10(12-8)11-5-4-6-15(3)13/h8-9H,4-7H2,1-3H3,(H,11,12). The highest BCUT2D eigenvalue weighted by Crippen LogP contribution is 2.22. The highest BCUT2D eigenvalue weighted by atomic mass is 32.2. The van der Waals surface area contributed by atoms with Gasteiger partial charge in [-0.05, 0) is 19.8 Å². The van der Waals surface area contributed by atoms with Gasteiger partial charge >= 0.3 is 0 Å². The zero-order valence-corrected chi connectivity index (χ0v) is 11.3. The second kappa shape index (κ2) is 6.53. The first kappa shape index (κ1) is 13.0. The number of amidine groups is 1. The second-order valence-corrected chi connectivity index (χ2v) is 7.01. The van der Waals surface area contributed by atoms with Crippen LogP contribution in [-0.2, 0) is 10.8 Å². The van der Waals surface area contributed by atoms with Gasteiger partial charge < -0.3 is 5.32 Å². The highest BCUT2D eigenvalue weighted by Gasteiger charge is 2.19. The van der Waals surface area contributed by atoms with Crippen molar-refractivity contribution in [1.29, 1.82) is 0 Å². The van der Waals surface area contributed by atoms with Crippen LogP contribution in [0.5, 0.6) is 0 Å². The fourth-order valence-electron chi connectivity index (χ4n) is 1.57. The molecular weight excluding hydrogens is 228 g/mol. The number of thioether (sulfide) groups is 1. The third-order valence-electron chi connectivity index (χ3n) is 2.21. The van der Waals surface area contributed by atoms with E-state index in [1.54, 1.807) is 6.26 Å². The highest BCUT2D eigenvalue weighted by molar-refractivity contribution is 8.14. The largest absolute Gasteiger partial charge is 0.362 e. The molecule has 3 unspecified atom stereocenters. The van der Waals surface area contributed by atoms with Crippen LogP contribution in [0, 0.1) is 0 Å². The van der Waals surface area contributed by atoms with Crippen molar-refractivity contribution in [3.8, 4) is 0 Å². The van der Waals surface area contributed by atoms with Crippen LogP contribution in [0.3, 0.4) is 0 Å². The Bertz CT molecular complexity index is 244. The molecule has 0 bridgehead atoms. The molecular formula is C10H20N2OS2. The van der Waals surface area contributed by atoms with Crippen LogP contribution in [0.25, 0.3) is 0 Å². The first-order chi connectivity index (χ1) is 7.08. The Morgan fingerprint density at radius 2 is 2.33 bits per heavy atom. The number of rotatable bonds is 4. The van der Waals surface area contributed by atoms with Crippen molar-refractivity contribution in [2.75, 3.05) is 18.6 Å². The van der Waals surface area contributed by atoms with Gasteiger partial charge in [-0.15, -0.1) is 0 Å². The summed E-state index contributed by atoms with van der Waals surface area (Å²) in [6.07, 6.45) is 3.85. The molecule has 0 amide bonds. The van der Waals surface area contributed by atoms with Gasteiger partial charge in [0, 0.05) is 40.6 Å². The summed E-state index contributed by atoms with van der Waals surface area (Å²) in [5.74, 6) is 0.757. The molecule has 5 heteroatoms. The fraction of sp³-hybridized carbons (Fsp3) is 0.900. The van der Waals surface area contributed by atoms with Crippen molar-refractivity contribution >= 4 is 27.7 Å². The quantitative estimate of drug-likeness (QED) is 0.769. The van der Waals surface area contributed by atoms with Gasteiger partial charge in [0.2, 0.25) is 0 Å². The lowest BCUT2D eigenvalue weighted by atomic mass is 10.2. The van der Waals surface area contributed by atoms with E-state index in [0.717, 1.165) is 23.9 Å². The topological polar surface area (TPSA) is 41.5 Å². The molecule has 0 spiro atoms. The first-order valence-electron chi connectivity index (χ1n) is 5.35. The molecule has 0 aromatic carbocycles. The van der Waals surface area contributed by atoms with E-state index >= 15 is 0 Å². The van der Waals surface area contributed by atoms with Crippen molar-refractivity contribution in [2.45, 2.75) is 38.0 Å². The zero-order valence-electron chi connectivity index (χ0n) is 9.66. The lowest BCUT2D eigenvalue weighted by Crippen LogP contribution is -2.38. The van der Waals surface area contributed by atoms with Crippen LogP contribution < -0.4 is 5.32 Å². The van der Waals surface area contributed by atoms with E-state index in [-0.39, 0.29) is 0 Å². The molecule has 0 aromatic heterocycles. The number of nitrogens with zero attached hydrogens (tertiary/aromatic N) is 1. The number of aliphatic imine (C=N–C) groups is 1. The maximum absolute atomic E-state index is 10.8. The number of hydrogen-bond acceptors (Lipinski definition) is 3. The van der Waals surface area contributed by atoms with E-state index in [0.29, 0.717) is 11.3 Å². The van der Waals surface area contributed by atoms with E-state index in [1.807, 2.05) is 11.8 Å². The summed E-state index contributed by atoms with van der Waals surface area (Å²) < 4.78 is 10.8. The fourth-order valence-corrected chi connectivity index (χ4v) is 3.31. The summed E-state index contributed by atoms with van der Waals surface area (Å²) in [5, 5.41) is 5.08. The van der Waals surface area contributed by atoms with Gasteiger partial charge in [-0.1, -0.05) is 18.7 Å². The molecule has 3 atom stereocenters. The molecule has 1 aliphatic heterocycles. The molecule has 1 N–H and O–H groups in total. The lowest BCUT2D eigenvalue weighted by Gasteiger charge is -2.26. The summed E-state index contributed by atoms with van der Waals surface area (Å²) in [5.41, 5.74) is 0. The van der Waals surface area contributed by atoms with Gasteiger partial charge in [0.25, 0.3) is 0 Å². The van der Waals surface area contributed by atoms with Crippen LogP contribution in [-0.4, -0.2) is 39.2 Å². The Labute approximate surface area is 99.0 Å². The molecule has 0 radical (unpaired) electrons. The summed E-state index contributed by atoms with van der Waals surface area (Å²) in [6, 6.07) is 0.528. The van der Waals surface area contributed by atoms with E-state index in [4.69, 9.17) is 0 Å². The van der Waals surface area contributed by atoms with Crippen molar-refractivity contribution in [3.05, 3.63) is 0 Å². The smallest absolute Gasteiger partial charge is 0.157 e. The van der Waals surface area contributed by atoms with Crippen molar-refractivity contribution in [2.24, 2.45) is 4.99 Å². The predicted octanol–water partition coefficient (Wildman–Crippen LogP) is 1.61. The average Bonchev–Trinajstić information content (AvgIpc) is 2.10. The maximum atomic E-state index is 10.8. The third-order valence-corrected chi connectivity index (χ3v) is 4.14. The van der Waals surface area contributed by atoms with E-state index in [1.165, 1.54) is 6.42 Å². The van der Waals surface area contributed by atoms with Crippen molar-refractivity contribution in [1.82, 2.24) is 5.32 Å². The minimum atomic E-state index is -0.682. The van der Waals surface area contributed by atoms with Gasteiger partial charge in [-0.25, -0.2) is 0 Å². The van der Waals surface area contributed by atoms with Gasteiger partial charge in [-0.3, -0.25) is 9.20 Å². The SMILES string of the molecule is CC1CC(C)SC(=NCCCS(C)=O)N1. The molecule has 1 fully saturated rings. The molecule has 0 aliphatic carbocycles. The van der Waals surface area contributed by atoms with Crippen LogP contribution in [0.4, 0.5) is 0 Å². The molecule has 1 rings (SSSR count). The normalized spacial score (nSPS) is 31.3. The minimum absolute atomic E-state index is 0.528. The van der Waals surface area contributed by atoms with Crippen molar-refractivity contribution in [3.63, 3.8) is 0 Å². The van der Waals surface area contributed by atoms with E-state index in [2.05, 4.69) is 24.2 Å². The Balaban J connectivity index is 2.29. The van der Waals surface area contributed by atoms with E-state index < -0.39 is 10.8 Å².